The number of hydrogen-bond donors (Lipinski definition) is 1. The molecule has 2 rings (SSSR count). The summed E-state index contributed by atoms with van der Waals surface area (Å²) in [4.78, 5) is 24.9. The molecule has 0 aromatic carbocycles. The highest BCUT2D eigenvalue weighted by molar-refractivity contribution is 5.92. The summed E-state index contributed by atoms with van der Waals surface area (Å²) in [5.41, 5.74) is 0. The molecule has 0 bridgehead atoms. The average molecular weight is 249 g/mol. The van der Waals surface area contributed by atoms with Crippen molar-refractivity contribution in [3.05, 3.63) is 24.3 Å². The molecule has 0 spiro atoms. The average Bonchev–Trinajstić information content (AvgIpc) is 2.87. The molecule has 4 nitrogen and oxygen atoms in total. The Morgan fingerprint density at radius 3 is 2.72 bits per heavy atom. The fraction of sp³-hybridized carbons (Fsp3) is 0.571. The molecule has 1 saturated heterocycles. The van der Waals surface area contributed by atoms with Crippen LogP contribution in [-0.4, -0.2) is 34.5 Å². The molecule has 1 aliphatic carbocycles. The van der Waals surface area contributed by atoms with Gasteiger partial charge in [-0.1, -0.05) is 24.6 Å². The van der Waals surface area contributed by atoms with Crippen LogP contribution in [0.25, 0.3) is 0 Å². The molecule has 1 saturated carbocycles. The van der Waals surface area contributed by atoms with Crippen LogP contribution in [0, 0.1) is 11.8 Å². The van der Waals surface area contributed by atoms with Gasteiger partial charge >= 0.3 is 5.97 Å². The lowest BCUT2D eigenvalue weighted by molar-refractivity contribution is -0.148. The Morgan fingerprint density at radius 1 is 1.28 bits per heavy atom. The Labute approximate surface area is 107 Å². The van der Waals surface area contributed by atoms with E-state index >= 15 is 0 Å². The number of fused-ring (bicyclic) bond motifs is 1. The second kappa shape index (κ2) is 5.38. The highest BCUT2D eigenvalue weighted by atomic mass is 16.4. The molecular formula is C14H19NO3. The number of carbonyl (C=O) groups excluding carboxylic acids is 1. The first-order valence-electron chi connectivity index (χ1n) is 6.48. The molecule has 3 unspecified atom stereocenters. The van der Waals surface area contributed by atoms with E-state index in [1.165, 1.54) is 11.0 Å². The van der Waals surface area contributed by atoms with Crippen LogP contribution in [-0.2, 0) is 9.59 Å². The Morgan fingerprint density at radius 2 is 2.06 bits per heavy atom. The van der Waals surface area contributed by atoms with Gasteiger partial charge in [-0.3, -0.25) is 4.79 Å². The molecular weight excluding hydrogens is 230 g/mol. The van der Waals surface area contributed by atoms with Gasteiger partial charge in [0.15, 0.2) is 0 Å². The molecule has 18 heavy (non-hydrogen) atoms. The number of hydrogen-bond acceptors (Lipinski definition) is 2. The van der Waals surface area contributed by atoms with Crippen LogP contribution in [0.3, 0.4) is 0 Å². The van der Waals surface area contributed by atoms with Gasteiger partial charge in [-0.25, -0.2) is 4.79 Å². The minimum atomic E-state index is -0.864. The van der Waals surface area contributed by atoms with Gasteiger partial charge in [0.05, 0.1) is 0 Å². The second-order valence-corrected chi connectivity index (χ2v) is 5.01. The van der Waals surface area contributed by atoms with Crippen molar-refractivity contribution in [1.82, 2.24) is 4.90 Å². The van der Waals surface area contributed by atoms with Gasteiger partial charge in [0.2, 0.25) is 5.91 Å². The van der Waals surface area contributed by atoms with Crippen molar-refractivity contribution in [2.45, 2.75) is 32.2 Å². The molecule has 0 aromatic heterocycles. The molecule has 0 radical (unpaired) electrons. The Bertz CT molecular complexity index is 400. The number of carbonyl (C=O) groups is 2. The zero-order chi connectivity index (χ0) is 13.1. The summed E-state index contributed by atoms with van der Waals surface area (Å²) in [7, 11) is 0. The smallest absolute Gasteiger partial charge is 0.326 e. The van der Waals surface area contributed by atoms with Crippen LogP contribution in [0.1, 0.15) is 26.2 Å². The van der Waals surface area contributed by atoms with Gasteiger partial charge in [0.25, 0.3) is 0 Å². The van der Waals surface area contributed by atoms with Crippen molar-refractivity contribution in [3.63, 3.8) is 0 Å². The zero-order valence-electron chi connectivity index (χ0n) is 10.6. The topological polar surface area (TPSA) is 57.6 Å². The fourth-order valence-electron chi connectivity index (χ4n) is 3.19. The molecule has 4 heteroatoms. The van der Waals surface area contributed by atoms with Crippen molar-refractivity contribution in [2.24, 2.45) is 11.8 Å². The summed E-state index contributed by atoms with van der Waals surface area (Å²) in [6, 6.07) is -0.625. The molecule has 98 valence electrons. The summed E-state index contributed by atoms with van der Waals surface area (Å²) < 4.78 is 0. The molecule has 3 atom stereocenters. The number of rotatable bonds is 3. The van der Waals surface area contributed by atoms with Crippen molar-refractivity contribution < 1.29 is 14.7 Å². The molecule has 1 heterocycles. The summed E-state index contributed by atoms with van der Waals surface area (Å²) in [6.45, 7) is 2.47. The van der Waals surface area contributed by atoms with E-state index in [2.05, 4.69) is 0 Å². The zero-order valence-corrected chi connectivity index (χ0v) is 10.6. The molecule has 2 aliphatic rings. The van der Waals surface area contributed by atoms with Gasteiger partial charge in [0.1, 0.15) is 6.04 Å². The van der Waals surface area contributed by atoms with E-state index in [9.17, 15) is 14.7 Å². The number of carboxylic acid groups (broad SMARTS) is 1. The largest absolute Gasteiger partial charge is 0.480 e. The van der Waals surface area contributed by atoms with Gasteiger partial charge in [-0.15, -0.1) is 0 Å². The summed E-state index contributed by atoms with van der Waals surface area (Å²) >= 11 is 0. The van der Waals surface area contributed by atoms with E-state index in [0.717, 1.165) is 19.3 Å². The molecule has 0 aromatic rings. The minimum Gasteiger partial charge on any atom is -0.480 e. The lowest BCUT2D eigenvalue weighted by Gasteiger charge is -2.22. The predicted octanol–water partition coefficient (Wildman–Crippen LogP) is 1.83. The monoisotopic (exact) mass is 249 g/mol. The Kier molecular flexibility index (Phi) is 3.84. The summed E-state index contributed by atoms with van der Waals surface area (Å²) in [5.74, 6) is -0.515. The first kappa shape index (κ1) is 12.9. The van der Waals surface area contributed by atoms with E-state index in [4.69, 9.17) is 0 Å². The van der Waals surface area contributed by atoms with E-state index in [1.54, 1.807) is 12.2 Å². The quantitative estimate of drug-likeness (QED) is 0.613. The maximum Gasteiger partial charge on any atom is 0.326 e. The van der Waals surface area contributed by atoms with E-state index in [-0.39, 0.29) is 11.8 Å². The first-order chi connectivity index (χ1) is 8.65. The van der Waals surface area contributed by atoms with Gasteiger partial charge in [0, 0.05) is 12.6 Å². The maximum absolute atomic E-state index is 12.0. The maximum atomic E-state index is 12.0. The van der Waals surface area contributed by atoms with Gasteiger partial charge in [-0.05, 0) is 31.6 Å². The van der Waals surface area contributed by atoms with Crippen molar-refractivity contribution in [1.29, 1.82) is 0 Å². The highest BCUT2D eigenvalue weighted by Crippen LogP contribution is 2.42. The predicted molar refractivity (Wildman–Crippen MR) is 67.9 cm³/mol. The first-order valence-corrected chi connectivity index (χ1v) is 6.48. The molecule has 1 N–H and O–H groups in total. The Hall–Kier alpha value is -1.58. The van der Waals surface area contributed by atoms with Gasteiger partial charge < -0.3 is 10.0 Å². The van der Waals surface area contributed by atoms with Crippen LogP contribution in [0.5, 0.6) is 0 Å². The second-order valence-electron chi connectivity index (χ2n) is 5.01. The minimum absolute atomic E-state index is 0.154. The van der Waals surface area contributed by atoms with E-state index < -0.39 is 12.0 Å². The van der Waals surface area contributed by atoms with Crippen LogP contribution in [0.2, 0.25) is 0 Å². The number of nitrogens with zero attached hydrogens (tertiary/aromatic N) is 1. The van der Waals surface area contributed by atoms with Gasteiger partial charge in [-0.2, -0.15) is 0 Å². The lowest BCUT2D eigenvalue weighted by Crippen LogP contribution is -2.42. The number of aliphatic carboxylic acids is 1. The third-order valence-corrected chi connectivity index (χ3v) is 3.97. The summed E-state index contributed by atoms with van der Waals surface area (Å²) in [5, 5.41) is 9.32. The van der Waals surface area contributed by atoms with Crippen molar-refractivity contribution in [2.75, 3.05) is 6.54 Å². The number of amides is 1. The molecule has 1 aliphatic heterocycles. The van der Waals surface area contributed by atoms with Crippen LogP contribution in [0.15, 0.2) is 24.3 Å². The molecule has 2 fully saturated rings. The highest BCUT2D eigenvalue weighted by Gasteiger charge is 2.48. The third kappa shape index (κ3) is 2.33. The fourth-order valence-corrected chi connectivity index (χ4v) is 3.19. The van der Waals surface area contributed by atoms with Crippen molar-refractivity contribution in [3.8, 4) is 0 Å². The van der Waals surface area contributed by atoms with Crippen molar-refractivity contribution >= 4 is 11.9 Å². The SMILES string of the molecule is CC=CC=CC(=O)N1CC2CCCC2C1C(=O)O. The third-order valence-electron chi connectivity index (χ3n) is 3.97. The number of likely N-dealkylation sites (tertiary alicyclic amines) is 1. The number of carboxylic acids is 1. The van der Waals surface area contributed by atoms with E-state index in [0.29, 0.717) is 12.5 Å². The normalized spacial score (nSPS) is 31.4. The van der Waals surface area contributed by atoms with Crippen LogP contribution in [0.4, 0.5) is 0 Å². The van der Waals surface area contributed by atoms with Crippen LogP contribution >= 0.6 is 0 Å². The van der Waals surface area contributed by atoms with Crippen LogP contribution < -0.4 is 0 Å². The Balaban J connectivity index is 2.12. The molecule has 1 amide bonds. The standard InChI is InChI=1S/C14H19NO3/c1-2-3-4-8-12(16)15-9-10-6-5-7-11(10)13(15)14(17)18/h2-4,8,10-11,13H,5-7,9H2,1H3,(H,17,18). The summed E-state index contributed by atoms with van der Waals surface area (Å²) in [6.07, 6.45) is 9.80. The van der Waals surface area contributed by atoms with E-state index in [1.807, 2.05) is 13.0 Å². The lowest BCUT2D eigenvalue weighted by atomic mass is 9.94. The number of allylic oxidation sites excluding steroid dienone is 3.